The number of nitrogens with one attached hydrogen (secondary N) is 1. The van der Waals surface area contributed by atoms with Crippen LogP contribution in [0.4, 0.5) is 8.78 Å². The number of aryl methyl sites for hydroxylation is 1. The van der Waals surface area contributed by atoms with Crippen molar-refractivity contribution >= 4 is 35.5 Å². The Morgan fingerprint density at radius 2 is 2.13 bits per heavy atom. The fourth-order valence-electron chi connectivity index (χ4n) is 3.14. The highest BCUT2D eigenvalue weighted by Gasteiger charge is 2.54. The molecule has 10 nitrogen and oxygen atoms in total. The lowest BCUT2D eigenvalue weighted by Gasteiger charge is -2.49. The van der Waals surface area contributed by atoms with Gasteiger partial charge in [0.15, 0.2) is 0 Å². The molecule has 0 radical (unpaired) electrons. The average Bonchev–Trinajstić information content (AvgIpc) is 3.04. The maximum atomic E-state index is 12.7. The van der Waals surface area contributed by atoms with E-state index in [-0.39, 0.29) is 30.2 Å². The van der Waals surface area contributed by atoms with Gasteiger partial charge in [-0.25, -0.2) is 13.6 Å². The van der Waals surface area contributed by atoms with Crippen LogP contribution in [0.25, 0.3) is 0 Å². The second-order valence-electron chi connectivity index (χ2n) is 6.66. The Balaban J connectivity index is 1.68. The van der Waals surface area contributed by atoms with Crippen molar-refractivity contribution in [1.82, 2.24) is 20.0 Å². The van der Waals surface area contributed by atoms with Gasteiger partial charge in [-0.3, -0.25) is 24.0 Å². The number of aromatic nitrogens is 2. The highest BCUT2D eigenvalue weighted by molar-refractivity contribution is 8.00. The Hall–Kier alpha value is -2.96. The van der Waals surface area contributed by atoms with Crippen LogP contribution >= 0.6 is 11.8 Å². The Kier molecular flexibility index (Phi) is 6.10. The molecule has 162 valence electrons. The lowest BCUT2D eigenvalue weighted by Crippen LogP contribution is -2.70. The molecule has 2 aliphatic heterocycles. The van der Waals surface area contributed by atoms with Gasteiger partial charge in [-0.1, -0.05) is 0 Å². The van der Waals surface area contributed by atoms with Crippen molar-refractivity contribution in [2.45, 2.75) is 38.2 Å². The number of carboxylic acids is 1. The first-order valence-electron chi connectivity index (χ1n) is 8.75. The summed E-state index contributed by atoms with van der Waals surface area (Å²) in [5.41, 5.74) is -0.0744. The van der Waals surface area contributed by atoms with E-state index in [0.29, 0.717) is 5.69 Å². The first-order valence-corrected chi connectivity index (χ1v) is 9.80. The summed E-state index contributed by atoms with van der Waals surface area (Å²) in [4.78, 5) is 48.5. The van der Waals surface area contributed by atoms with Crippen molar-refractivity contribution in [3.05, 3.63) is 28.7 Å². The van der Waals surface area contributed by atoms with Gasteiger partial charge in [0.25, 0.3) is 12.3 Å². The number of amides is 2. The second kappa shape index (κ2) is 8.42. The van der Waals surface area contributed by atoms with Crippen molar-refractivity contribution in [3.8, 4) is 0 Å². The number of aliphatic carboxylic acids is 1. The van der Waals surface area contributed by atoms with Crippen LogP contribution in [0.2, 0.25) is 0 Å². The number of nitrogens with zero attached hydrogens (tertiary/aromatic N) is 3. The van der Waals surface area contributed by atoms with E-state index in [9.17, 15) is 33.1 Å². The molecule has 0 unspecified atom stereocenters. The number of fused-ring (bicyclic) bond motifs is 1. The van der Waals surface area contributed by atoms with Crippen LogP contribution in [0.3, 0.4) is 0 Å². The minimum Gasteiger partial charge on any atom is -0.477 e. The highest BCUT2D eigenvalue weighted by Crippen LogP contribution is 2.40. The zero-order valence-electron chi connectivity index (χ0n) is 15.9. The molecule has 13 heteroatoms. The number of hydrogen-bond donors (Lipinski definition) is 2. The van der Waals surface area contributed by atoms with E-state index >= 15 is 0 Å². The molecule has 1 saturated heterocycles. The summed E-state index contributed by atoms with van der Waals surface area (Å²) < 4.78 is 31.4. The monoisotopic (exact) mass is 444 g/mol. The summed E-state index contributed by atoms with van der Waals surface area (Å²) in [6.45, 7) is 2.10. The largest absolute Gasteiger partial charge is 0.477 e. The van der Waals surface area contributed by atoms with E-state index < -0.39 is 47.3 Å². The second-order valence-corrected chi connectivity index (χ2v) is 7.77. The summed E-state index contributed by atoms with van der Waals surface area (Å²) in [5, 5.41) is 15.0. The minimum absolute atomic E-state index is 0.200. The van der Waals surface area contributed by atoms with E-state index in [1.807, 2.05) is 0 Å². The molecule has 0 aromatic carbocycles. The molecule has 1 fully saturated rings. The molecular formula is C17H18F2N4O6S. The van der Waals surface area contributed by atoms with E-state index in [1.165, 1.54) is 31.7 Å². The minimum atomic E-state index is -2.77. The van der Waals surface area contributed by atoms with Gasteiger partial charge in [0, 0.05) is 23.9 Å². The fourth-order valence-corrected chi connectivity index (χ4v) is 4.47. The van der Waals surface area contributed by atoms with Gasteiger partial charge in [0.1, 0.15) is 36.0 Å². The average molecular weight is 444 g/mol. The molecule has 1 aromatic heterocycles. The first kappa shape index (κ1) is 21.7. The van der Waals surface area contributed by atoms with Crippen LogP contribution in [0.15, 0.2) is 17.3 Å². The molecule has 1 aromatic rings. The van der Waals surface area contributed by atoms with E-state index in [0.717, 1.165) is 9.58 Å². The van der Waals surface area contributed by atoms with E-state index in [2.05, 4.69) is 10.4 Å². The zero-order valence-corrected chi connectivity index (χ0v) is 16.7. The smallest absolute Gasteiger partial charge is 0.352 e. The molecule has 2 aliphatic rings. The maximum Gasteiger partial charge on any atom is 0.352 e. The lowest BCUT2D eigenvalue weighted by atomic mass is 10.0. The van der Waals surface area contributed by atoms with Gasteiger partial charge in [-0.15, -0.1) is 11.8 Å². The van der Waals surface area contributed by atoms with Gasteiger partial charge in [0.2, 0.25) is 5.91 Å². The molecule has 30 heavy (non-hydrogen) atoms. The number of halogens is 2. The highest BCUT2D eigenvalue weighted by atomic mass is 32.2. The van der Waals surface area contributed by atoms with Crippen LogP contribution in [0.5, 0.6) is 0 Å². The quantitative estimate of drug-likeness (QED) is 0.457. The predicted molar refractivity (Wildman–Crippen MR) is 98.2 cm³/mol. The summed E-state index contributed by atoms with van der Waals surface area (Å²) >= 11 is 1.22. The predicted octanol–water partition coefficient (Wildman–Crippen LogP) is 0.431. The Morgan fingerprint density at radius 1 is 1.43 bits per heavy atom. The van der Waals surface area contributed by atoms with Gasteiger partial charge < -0.3 is 15.2 Å². The Morgan fingerprint density at radius 3 is 2.70 bits per heavy atom. The summed E-state index contributed by atoms with van der Waals surface area (Å²) in [6, 6.07) is 0.206. The van der Waals surface area contributed by atoms with E-state index in [4.69, 9.17) is 4.74 Å². The third-order valence-electron chi connectivity index (χ3n) is 4.53. The summed E-state index contributed by atoms with van der Waals surface area (Å²) in [7, 11) is 0. The van der Waals surface area contributed by atoms with Crippen molar-refractivity contribution in [3.63, 3.8) is 0 Å². The lowest BCUT2D eigenvalue weighted by molar-refractivity contribution is -0.151. The van der Waals surface area contributed by atoms with Gasteiger partial charge in [-0.2, -0.15) is 5.10 Å². The third-order valence-corrected chi connectivity index (χ3v) is 5.87. The maximum absolute atomic E-state index is 12.7. The molecule has 0 saturated carbocycles. The zero-order chi connectivity index (χ0) is 22.2. The van der Waals surface area contributed by atoms with Crippen LogP contribution in [0.1, 0.15) is 24.7 Å². The third kappa shape index (κ3) is 4.15. The normalized spacial score (nSPS) is 20.7. The number of alkyl halides is 2. The first-order chi connectivity index (χ1) is 14.1. The molecular weight excluding hydrogens is 426 g/mol. The standard InChI is InChI=1S/C17H18F2N4O6S/c1-7-3-10(14(18)19)21-22(7)4-11(25)20-12-15(26)23-13(17(27)28)9(5-29-8(2)24)6-30-16(12)23/h3,12,14,16H,4-6H2,1-2H3,(H,20,25)(H,27,28)/t12-,16+/m1/s1. The molecule has 2 amide bonds. The van der Waals surface area contributed by atoms with Crippen molar-refractivity contribution in [1.29, 1.82) is 0 Å². The molecule has 3 heterocycles. The summed E-state index contributed by atoms with van der Waals surface area (Å²) in [6.07, 6.45) is -2.77. The molecule has 3 rings (SSSR count). The van der Waals surface area contributed by atoms with E-state index in [1.54, 1.807) is 0 Å². The van der Waals surface area contributed by atoms with Crippen molar-refractivity contribution < 1.29 is 37.8 Å². The number of carboxylic acid groups (broad SMARTS) is 1. The fraction of sp³-hybridized carbons (Fsp3) is 0.471. The van der Waals surface area contributed by atoms with Gasteiger partial charge in [-0.05, 0) is 13.0 Å². The molecule has 0 spiro atoms. The number of β-lactam (4-membered cyclic amide) rings is 1. The van der Waals surface area contributed by atoms with Crippen LogP contribution in [0, 0.1) is 6.92 Å². The number of esters is 1. The topological polar surface area (TPSA) is 131 Å². The molecule has 2 N–H and O–H groups in total. The number of hydrogen-bond acceptors (Lipinski definition) is 7. The number of ether oxygens (including phenoxy) is 1. The molecule has 0 aliphatic carbocycles. The van der Waals surface area contributed by atoms with Crippen LogP contribution < -0.4 is 5.32 Å². The van der Waals surface area contributed by atoms with Gasteiger partial charge >= 0.3 is 11.9 Å². The van der Waals surface area contributed by atoms with Crippen molar-refractivity contribution in [2.75, 3.05) is 12.4 Å². The number of carbonyl (C=O) groups excluding carboxylic acids is 3. The van der Waals surface area contributed by atoms with Gasteiger partial charge in [0.05, 0.1) is 0 Å². The Bertz CT molecular complexity index is 947. The van der Waals surface area contributed by atoms with Crippen molar-refractivity contribution in [2.24, 2.45) is 0 Å². The number of rotatable bonds is 7. The summed E-state index contributed by atoms with van der Waals surface area (Å²) in [5.74, 6) is -2.96. The Labute approximate surface area is 173 Å². The molecule has 2 atom stereocenters. The SMILES string of the molecule is CC(=O)OCC1=C(C(=O)O)N2C(=O)[C@@H](NC(=O)Cn3nc(C(F)F)cc3C)[C@@H]2SC1. The number of thioether (sulfide) groups is 1. The van der Waals surface area contributed by atoms with Crippen LogP contribution in [-0.4, -0.2) is 67.3 Å². The van der Waals surface area contributed by atoms with Crippen LogP contribution in [-0.2, 0) is 30.5 Å². The molecule has 0 bridgehead atoms. The number of carbonyl (C=O) groups is 4.